The third-order valence-corrected chi connectivity index (χ3v) is 4.17. The molecule has 0 spiro atoms. The molecule has 25 heavy (non-hydrogen) atoms. The van der Waals surface area contributed by atoms with Gasteiger partial charge in [0, 0.05) is 31.7 Å². The van der Waals surface area contributed by atoms with Gasteiger partial charge in [0.15, 0.2) is 5.65 Å². The SMILES string of the molecule is O=C(/C=C/c1ccc2c(c1)CCO2)NCCc1nnc2ccccn12. The van der Waals surface area contributed by atoms with Gasteiger partial charge < -0.3 is 10.1 Å². The summed E-state index contributed by atoms with van der Waals surface area (Å²) in [6, 6.07) is 11.7. The minimum atomic E-state index is -0.120. The van der Waals surface area contributed by atoms with Crippen LogP contribution in [-0.4, -0.2) is 33.7 Å². The number of amides is 1. The number of pyridine rings is 1. The van der Waals surface area contributed by atoms with Crippen molar-refractivity contribution in [2.45, 2.75) is 12.8 Å². The molecule has 6 heteroatoms. The Morgan fingerprint density at radius 3 is 3.20 bits per heavy atom. The largest absolute Gasteiger partial charge is 0.493 e. The second-order valence-electron chi connectivity index (χ2n) is 5.89. The van der Waals surface area contributed by atoms with E-state index in [2.05, 4.69) is 21.6 Å². The zero-order chi connectivity index (χ0) is 17.1. The molecule has 1 amide bonds. The Bertz CT molecular complexity index is 946. The molecule has 1 aliphatic rings. The topological polar surface area (TPSA) is 68.5 Å². The van der Waals surface area contributed by atoms with E-state index in [0.717, 1.165) is 35.8 Å². The molecule has 0 unspecified atom stereocenters. The molecule has 0 fully saturated rings. The van der Waals surface area contributed by atoms with Crippen molar-refractivity contribution in [1.82, 2.24) is 19.9 Å². The van der Waals surface area contributed by atoms with E-state index >= 15 is 0 Å². The minimum Gasteiger partial charge on any atom is -0.493 e. The van der Waals surface area contributed by atoms with Crippen LogP contribution in [-0.2, 0) is 17.6 Å². The standard InChI is InChI=1S/C19H18N4O2/c24-19(7-5-14-4-6-16-15(13-14)9-12-25-16)20-10-8-18-22-21-17-3-1-2-11-23(17)18/h1-7,11,13H,8-10,12H2,(H,20,24)/b7-5+. The molecule has 4 rings (SSSR count). The average Bonchev–Trinajstić information content (AvgIpc) is 3.26. The molecule has 3 heterocycles. The minimum absolute atomic E-state index is 0.120. The van der Waals surface area contributed by atoms with Crippen LogP contribution in [0.25, 0.3) is 11.7 Å². The van der Waals surface area contributed by atoms with Crippen molar-refractivity contribution in [3.8, 4) is 5.75 Å². The molecule has 0 bridgehead atoms. The van der Waals surface area contributed by atoms with Crippen molar-refractivity contribution in [2.75, 3.05) is 13.2 Å². The van der Waals surface area contributed by atoms with Crippen molar-refractivity contribution in [3.05, 3.63) is 65.6 Å². The second-order valence-corrected chi connectivity index (χ2v) is 5.89. The number of rotatable bonds is 5. The molecule has 0 saturated carbocycles. The van der Waals surface area contributed by atoms with Crippen molar-refractivity contribution in [2.24, 2.45) is 0 Å². The molecule has 0 aliphatic carbocycles. The predicted octanol–water partition coefficient (Wildman–Crippen LogP) is 2.04. The highest BCUT2D eigenvalue weighted by molar-refractivity contribution is 5.91. The molecule has 6 nitrogen and oxygen atoms in total. The normalized spacial score (nSPS) is 13.1. The Morgan fingerprint density at radius 1 is 1.28 bits per heavy atom. The van der Waals surface area contributed by atoms with Gasteiger partial charge >= 0.3 is 0 Å². The van der Waals surface area contributed by atoms with Crippen LogP contribution in [0.1, 0.15) is 17.0 Å². The first-order valence-corrected chi connectivity index (χ1v) is 8.30. The van der Waals surface area contributed by atoms with E-state index in [-0.39, 0.29) is 5.91 Å². The molecular weight excluding hydrogens is 316 g/mol. The molecule has 3 aromatic rings. The number of aromatic nitrogens is 3. The van der Waals surface area contributed by atoms with Crippen molar-refractivity contribution >= 4 is 17.6 Å². The zero-order valence-corrected chi connectivity index (χ0v) is 13.7. The molecule has 0 atom stereocenters. The van der Waals surface area contributed by atoms with Gasteiger partial charge in [-0.1, -0.05) is 12.1 Å². The smallest absolute Gasteiger partial charge is 0.244 e. The highest BCUT2D eigenvalue weighted by atomic mass is 16.5. The second kappa shape index (κ2) is 6.76. The van der Waals surface area contributed by atoms with Gasteiger partial charge in [0.05, 0.1) is 6.61 Å². The predicted molar refractivity (Wildman–Crippen MR) is 94.4 cm³/mol. The van der Waals surface area contributed by atoms with Gasteiger partial charge in [-0.2, -0.15) is 0 Å². The highest BCUT2D eigenvalue weighted by Crippen LogP contribution is 2.26. The maximum atomic E-state index is 12.0. The van der Waals surface area contributed by atoms with Crippen LogP contribution in [0.3, 0.4) is 0 Å². The van der Waals surface area contributed by atoms with Gasteiger partial charge in [0.1, 0.15) is 11.6 Å². The molecule has 2 aromatic heterocycles. The molecule has 0 radical (unpaired) electrons. The zero-order valence-electron chi connectivity index (χ0n) is 13.7. The van der Waals surface area contributed by atoms with E-state index in [1.165, 1.54) is 5.56 Å². The summed E-state index contributed by atoms with van der Waals surface area (Å²) in [6.07, 6.45) is 6.85. The van der Waals surface area contributed by atoms with E-state index in [4.69, 9.17) is 4.74 Å². The Morgan fingerprint density at radius 2 is 2.24 bits per heavy atom. The summed E-state index contributed by atoms with van der Waals surface area (Å²) >= 11 is 0. The van der Waals surface area contributed by atoms with Gasteiger partial charge in [-0.15, -0.1) is 10.2 Å². The number of hydrogen-bond donors (Lipinski definition) is 1. The molecule has 1 aromatic carbocycles. The molecule has 1 N–H and O–H groups in total. The first kappa shape index (κ1) is 15.4. The summed E-state index contributed by atoms with van der Waals surface area (Å²) in [5.74, 6) is 1.66. The van der Waals surface area contributed by atoms with Crippen LogP contribution in [0.5, 0.6) is 5.75 Å². The van der Waals surface area contributed by atoms with Gasteiger partial charge in [0.25, 0.3) is 0 Å². The van der Waals surface area contributed by atoms with Crippen molar-refractivity contribution < 1.29 is 9.53 Å². The lowest BCUT2D eigenvalue weighted by Gasteiger charge is -2.02. The van der Waals surface area contributed by atoms with E-state index in [1.54, 1.807) is 6.08 Å². The lowest BCUT2D eigenvalue weighted by atomic mass is 10.1. The van der Waals surface area contributed by atoms with Gasteiger partial charge in [-0.05, 0) is 41.5 Å². The molecule has 126 valence electrons. The Balaban J connectivity index is 1.32. The summed E-state index contributed by atoms with van der Waals surface area (Å²) in [4.78, 5) is 12.0. The first-order chi connectivity index (χ1) is 12.3. The Hall–Kier alpha value is -3.15. The summed E-state index contributed by atoms with van der Waals surface area (Å²) in [5, 5.41) is 11.1. The van der Waals surface area contributed by atoms with Crippen LogP contribution in [0.4, 0.5) is 0 Å². The fourth-order valence-electron chi connectivity index (χ4n) is 2.90. The average molecular weight is 334 g/mol. The summed E-state index contributed by atoms with van der Waals surface area (Å²) in [7, 11) is 0. The highest BCUT2D eigenvalue weighted by Gasteiger charge is 2.11. The van der Waals surface area contributed by atoms with Crippen LogP contribution < -0.4 is 10.1 Å². The molecule has 1 aliphatic heterocycles. The Labute approximate surface area is 145 Å². The number of ether oxygens (including phenoxy) is 1. The summed E-state index contributed by atoms with van der Waals surface area (Å²) in [6.45, 7) is 1.25. The summed E-state index contributed by atoms with van der Waals surface area (Å²) < 4.78 is 7.41. The fourth-order valence-corrected chi connectivity index (χ4v) is 2.90. The fraction of sp³-hybridized carbons (Fsp3) is 0.211. The number of benzene rings is 1. The lowest BCUT2D eigenvalue weighted by Crippen LogP contribution is -2.24. The quantitative estimate of drug-likeness (QED) is 0.725. The van der Waals surface area contributed by atoms with Crippen LogP contribution >= 0.6 is 0 Å². The number of carbonyl (C=O) groups is 1. The lowest BCUT2D eigenvalue weighted by molar-refractivity contribution is -0.116. The number of hydrogen-bond acceptors (Lipinski definition) is 4. The van der Waals surface area contributed by atoms with Gasteiger partial charge in [-0.3, -0.25) is 9.20 Å². The van der Waals surface area contributed by atoms with Crippen molar-refractivity contribution in [3.63, 3.8) is 0 Å². The van der Waals surface area contributed by atoms with E-state index in [9.17, 15) is 4.79 Å². The van der Waals surface area contributed by atoms with Gasteiger partial charge in [-0.25, -0.2) is 0 Å². The van der Waals surface area contributed by atoms with Crippen molar-refractivity contribution in [1.29, 1.82) is 0 Å². The van der Waals surface area contributed by atoms with E-state index in [1.807, 2.05) is 47.0 Å². The Kier molecular flexibility index (Phi) is 4.16. The van der Waals surface area contributed by atoms with Crippen LogP contribution in [0.15, 0.2) is 48.7 Å². The number of fused-ring (bicyclic) bond motifs is 2. The molecule has 0 saturated heterocycles. The number of nitrogens with zero attached hydrogens (tertiary/aromatic N) is 3. The third kappa shape index (κ3) is 3.38. The maximum Gasteiger partial charge on any atom is 0.244 e. The van der Waals surface area contributed by atoms with E-state index < -0.39 is 0 Å². The third-order valence-electron chi connectivity index (χ3n) is 4.17. The van der Waals surface area contributed by atoms with Crippen LogP contribution in [0.2, 0.25) is 0 Å². The summed E-state index contributed by atoms with van der Waals surface area (Å²) in [5.41, 5.74) is 3.01. The monoisotopic (exact) mass is 334 g/mol. The maximum absolute atomic E-state index is 12.0. The van der Waals surface area contributed by atoms with E-state index in [0.29, 0.717) is 13.0 Å². The number of nitrogens with one attached hydrogen (secondary N) is 1. The number of carbonyl (C=O) groups excluding carboxylic acids is 1. The van der Waals surface area contributed by atoms with Crippen LogP contribution in [0, 0.1) is 0 Å². The molecular formula is C19H18N4O2. The van der Waals surface area contributed by atoms with Gasteiger partial charge in [0.2, 0.25) is 5.91 Å². The first-order valence-electron chi connectivity index (χ1n) is 8.30.